The average Bonchev–Trinajstić information content (AvgIpc) is 3.54. The van der Waals surface area contributed by atoms with Gasteiger partial charge in [0.2, 0.25) is 5.91 Å². The molecule has 37 heavy (non-hydrogen) atoms. The van der Waals surface area contributed by atoms with Crippen molar-refractivity contribution in [3.8, 4) is 11.3 Å². The lowest BCUT2D eigenvalue weighted by molar-refractivity contribution is -0.116. The molecule has 4 aromatic rings. The van der Waals surface area contributed by atoms with Crippen LogP contribution in [0.5, 0.6) is 0 Å². The van der Waals surface area contributed by atoms with Crippen molar-refractivity contribution in [3.63, 3.8) is 0 Å². The number of ether oxygens (including phenoxy) is 1. The number of para-hydroxylation sites is 1. The lowest BCUT2D eigenvalue weighted by Crippen LogP contribution is -2.36. The van der Waals surface area contributed by atoms with Crippen LogP contribution in [0.2, 0.25) is 0 Å². The van der Waals surface area contributed by atoms with E-state index in [9.17, 15) is 9.59 Å². The van der Waals surface area contributed by atoms with Gasteiger partial charge in [0.15, 0.2) is 5.11 Å². The van der Waals surface area contributed by atoms with Crippen molar-refractivity contribution in [2.24, 2.45) is 0 Å². The molecule has 186 valence electrons. The predicted octanol–water partition coefficient (Wildman–Crippen LogP) is 4.74. The molecule has 2 aromatic carbocycles. The molecule has 5 rings (SSSR count). The van der Waals surface area contributed by atoms with Gasteiger partial charge in [-0.25, -0.2) is 4.79 Å². The Hall–Kier alpha value is -4.50. The summed E-state index contributed by atoms with van der Waals surface area (Å²) in [5, 5.41) is 6.67. The van der Waals surface area contributed by atoms with Crippen LogP contribution in [0.3, 0.4) is 0 Å². The van der Waals surface area contributed by atoms with E-state index in [4.69, 9.17) is 21.4 Å². The number of nitrogens with zero attached hydrogens (tertiary/aromatic N) is 2. The molecule has 2 atom stereocenters. The standard InChI is InChI=1S/C28H24N4O4S/c1-35-27(34)19-12-10-18(11-13-19)22-14-15-23(36-22)26-25(21-9-5-6-16-29-21)31-28(37)32(26)17-24(33)30-20-7-3-2-4-8-20/h2-16,25-26H,17H2,1H3,(H,30,33)(H,31,37)/t25-,26+/m0/s1. The van der Waals surface area contributed by atoms with Crippen LogP contribution in [-0.2, 0) is 9.53 Å². The van der Waals surface area contributed by atoms with E-state index < -0.39 is 12.0 Å². The van der Waals surface area contributed by atoms with Crippen LogP contribution in [-0.4, -0.2) is 40.5 Å². The quantitative estimate of drug-likeness (QED) is 0.271. The Morgan fingerprint density at radius 1 is 1.03 bits per heavy atom. The molecular weight excluding hydrogens is 488 g/mol. The van der Waals surface area contributed by atoms with Gasteiger partial charge in [-0.05, 0) is 60.7 Å². The summed E-state index contributed by atoms with van der Waals surface area (Å²) in [4.78, 5) is 31.1. The van der Waals surface area contributed by atoms with Crippen LogP contribution in [0.15, 0.2) is 95.5 Å². The monoisotopic (exact) mass is 512 g/mol. The van der Waals surface area contributed by atoms with Crippen LogP contribution in [0, 0.1) is 0 Å². The molecule has 2 N–H and O–H groups in total. The number of methoxy groups -OCH3 is 1. The number of hydrogen-bond donors (Lipinski definition) is 2. The fourth-order valence-corrected chi connectivity index (χ4v) is 4.62. The SMILES string of the molecule is COC(=O)c1ccc(-c2ccc([C@@H]3[C@H](c4ccccn4)NC(=S)N3CC(=O)Nc3ccccc3)o2)cc1. The number of benzene rings is 2. The van der Waals surface area contributed by atoms with Crippen LogP contribution < -0.4 is 10.6 Å². The highest BCUT2D eigenvalue weighted by Crippen LogP contribution is 2.40. The Labute approximate surface area is 219 Å². The third-order valence-corrected chi connectivity index (χ3v) is 6.43. The van der Waals surface area contributed by atoms with Gasteiger partial charge >= 0.3 is 5.97 Å². The number of furan rings is 1. The smallest absolute Gasteiger partial charge is 0.337 e. The van der Waals surface area contributed by atoms with E-state index in [2.05, 4.69) is 15.6 Å². The van der Waals surface area contributed by atoms with E-state index in [-0.39, 0.29) is 18.5 Å². The van der Waals surface area contributed by atoms with Crippen LogP contribution in [0.4, 0.5) is 5.69 Å². The van der Waals surface area contributed by atoms with Gasteiger partial charge < -0.3 is 24.7 Å². The number of hydrogen-bond acceptors (Lipinski definition) is 6. The normalized spacial score (nSPS) is 16.8. The maximum absolute atomic E-state index is 12.9. The Morgan fingerprint density at radius 2 is 1.78 bits per heavy atom. The molecule has 0 aliphatic carbocycles. The Kier molecular flexibility index (Phi) is 6.96. The summed E-state index contributed by atoms with van der Waals surface area (Å²) in [5.74, 6) is 0.646. The van der Waals surface area contributed by atoms with Gasteiger partial charge in [0, 0.05) is 17.4 Å². The number of esters is 1. The first-order valence-electron chi connectivity index (χ1n) is 11.6. The third kappa shape index (κ3) is 5.22. The van der Waals surface area contributed by atoms with E-state index in [1.807, 2.05) is 65.6 Å². The van der Waals surface area contributed by atoms with Gasteiger partial charge in [-0.3, -0.25) is 9.78 Å². The van der Waals surface area contributed by atoms with Crippen LogP contribution in [0.1, 0.15) is 33.9 Å². The van der Waals surface area contributed by atoms with Crippen molar-refractivity contribution in [2.75, 3.05) is 19.0 Å². The molecule has 1 saturated heterocycles. The Morgan fingerprint density at radius 3 is 2.49 bits per heavy atom. The lowest BCUT2D eigenvalue weighted by Gasteiger charge is -2.25. The number of carbonyl (C=O) groups excluding carboxylic acids is 2. The fourth-order valence-electron chi connectivity index (χ4n) is 4.32. The molecule has 0 radical (unpaired) electrons. The second kappa shape index (κ2) is 10.6. The minimum atomic E-state index is -0.410. The van der Waals surface area contributed by atoms with E-state index in [0.29, 0.717) is 27.9 Å². The summed E-state index contributed by atoms with van der Waals surface area (Å²) in [6.07, 6.45) is 1.72. The summed E-state index contributed by atoms with van der Waals surface area (Å²) in [6.45, 7) is 0.0264. The first kappa shape index (κ1) is 24.2. The van der Waals surface area contributed by atoms with Crippen molar-refractivity contribution in [3.05, 3.63) is 108 Å². The van der Waals surface area contributed by atoms with Crippen LogP contribution in [0.25, 0.3) is 11.3 Å². The van der Waals surface area contributed by atoms with Crippen molar-refractivity contribution in [1.82, 2.24) is 15.2 Å². The summed E-state index contributed by atoms with van der Waals surface area (Å²) in [7, 11) is 1.35. The van der Waals surface area contributed by atoms with Crippen LogP contribution >= 0.6 is 12.2 Å². The first-order valence-corrected chi connectivity index (χ1v) is 12.1. The summed E-state index contributed by atoms with van der Waals surface area (Å²) < 4.78 is 11.1. The minimum Gasteiger partial charge on any atom is -0.465 e. The molecule has 8 nitrogen and oxygen atoms in total. The molecule has 1 aliphatic rings. The summed E-state index contributed by atoms with van der Waals surface area (Å²) >= 11 is 5.65. The zero-order valence-corrected chi connectivity index (χ0v) is 20.8. The molecule has 3 heterocycles. The van der Waals surface area contributed by atoms with Crippen molar-refractivity contribution >= 4 is 34.9 Å². The summed E-state index contributed by atoms with van der Waals surface area (Å²) in [6, 6.07) is 24.9. The molecule has 0 unspecified atom stereocenters. The molecule has 9 heteroatoms. The number of amides is 1. The van der Waals surface area contributed by atoms with E-state index in [1.165, 1.54) is 7.11 Å². The number of rotatable bonds is 7. The average molecular weight is 513 g/mol. The molecule has 1 fully saturated rings. The largest absolute Gasteiger partial charge is 0.465 e. The zero-order chi connectivity index (χ0) is 25.8. The summed E-state index contributed by atoms with van der Waals surface area (Å²) in [5.41, 5.74) is 2.74. The number of pyridine rings is 1. The Balaban J connectivity index is 1.44. The van der Waals surface area contributed by atoms with Gasteiger partial charge in [-0.1, -0.05) is 36.4 Å². The number of carbonyl (C=O) groups is 2. The van der Waals surface area contributed by atoms with Crippen molar-refractivity contribution in [2.45, 2.75) is 12.1 Å². The Bertz CT molecular complexity index is 1410. The maximum atomic E-state index is 12.9. The van der Waals surface area contributed by atoms with Gasteiger partial charge in [-0.2, -0.15) is 0 Å². The maximum Gasteiger partial charge on any atom is 0.337 e. The predicted molar refractivity (Wildman–Crippen MR) is 143 cm³/mol. The van der Waals surface area contributed by atoms with Gasteiger partial charge in [0.05, 0.1) is 24.4 Å². The highest BCUT2D eigenvalue weighted by molar-refractivity contribution is 7.80. The minimum absolute atomic E-state index is 0.0264. The van der Waals surface area contributed by atoms with Gasteiger partial charge in [0.1, 0.15) is 24.1 Å². The molecule has 2 aromatic heterocycles. The molecule has 0 saturated carbocycles. The lowest BCUT2D eigenvalue weighted by atomic mass is 10.0. The highest BCUT2D eigenvalue weighted by atomic mass is 32.1. The molecule has 1 aliphatic heterocycles. The topological polar surface area (TPSA) is 96.7 Å². The molecule has 0 bridgehead atoms. The second-order valence-electron chi connectivity index (χ2n) is 8.44. The third-order valence-electron chi connectivity index (χ3n) is 6.08. The van der Waals surface area contributed by atoms with E-state index in [1.54, 1.807) is 30.5 Å². The number of anilines is 1. The molecule has 0 spiro atoms. The fraction of sp³-hybridized carbons (Fsp3) is 0.143. The molecular formula is C28H24N4O4S. The van der Waals surface area contributed by atoms with Gasteiger partial charge in [-0.15, -0.1) is 0 Å². The first-order chi connectivity index (χ1) is 18.0. The number of thiocarbonyl (C=S) groups is 1. The molecule has 1 amide bonds. The van der Waals surface area contributed by atoms with Crippen molar-refractivity contribution < 1.29 is 18.7 Å². The number of nitrogens with one attached hydrogen (secondary N) is 2. The van der Waals surface area contributed by atoms with Crippen molar-refractivity contribution in [1.29, 1.82) is 0 Å². The highest BCUT2D eigenvalue weighted by Gasteiger charge is 2.42. The van der Waals surface area contributed by atoms with Gasteiger partial charge in [0.25, 0.3) is 0 Å². The number of aromatic nitrogens is 1. The van der Waals surface area contributed by atoms with E-state index >= 15 is 0 Å². The second-order valence-corrected chi connectivity index (χ2v) is 8.83. The zero-order valence-electron chi connectivity index (χ0n) is 20.0. The van der Waals surface area contributed by atoms with E-state index in [0.717, 1.165) is 11.3 Å².